The van der Waals surface area contributed by atoms with Crippen LogP contribution in [0.25, 0.3) is 10.1 Å². The summed E-state index contributed by atoms with van der Waals surface area (Å²) in [5.74, 6) is 0.219. The van der Waals surface area contributed by atoms with Gasteiger partial charge in [-0.3, -0.25) is 0 Å². The average molecular weight is 211 g/mol. The second kappa shape index (κ2) is 3.12. The molecule has 0 radical (unpaired) electrons. The lowest BCUT2D eigenvalue weighted by Gasteiger charge is -2.05. The first-order valence-electron chi connectivity index (χ1n) is 3.76. The van der Waals surface area contributed by atoms with Gasteiger partial charge in [0.05, 0.1) is 10.4 Å². The summed E-state index contributed by atoms with van der Waals surface area (Å²) in [7, 11) is 0. The number of phenolic OH excluding ortho intramolecular Hbond substituents is 1. The van der Waals surface area contributed by atoms with Gasteiger partial charge < -0.3 is 10.8 Å². The van der Waals surface area contributed by atoms with Crippen LogP contribution in [0.4, 0.5) is 5.69 Å². The Balaban J connectivity index is 2.83. The number of thioether (sulfide) groups is 1. The molecular weight excluding hydrogens is 202 g/mol. The summed E-state index contributed by atoms with van der Waals surface area (Å²) in [5.41, 5.74) is 6.24. The van der Waals surface area contributed by atoms with Crippen LogP contribution in [0.2, 0.25) is 0 Å². The zero-order valence-electron chi connectivity index (χ0n) is 7.07. The third-order valence-corrected chi connectivity index (χ3v) is 3.65. The van der Waals surface area contributed by atoms with Crippen LogP contribution in [0.5, 0.6) is 5.75 Å². The number of thiophene rings is 1. The molecule has 0 fully saturated rings. The number of nitrogen functional groups attached to an aromatic ring is 1. The minimum atomic E-state index is 0.219. The Morgan fingerprint density at radius 2 is 2.31 bits per heavy atom. The lowest BCUT2D eigenvalue weighted by molar-refractivity contribution is 0.484. The lowest BCUT2D eigenvalue weighted by Crippen LogP contribution is -1.88. The van der Waals surface area contributed by atoms with Gasteiger partial charge in [0, 0.05) is 4.90 Å². The number of hydrogen-bond acceptors (Lipinski definition) is 4. The van der Waals surface area contributed by atoms with Crippen molar-refractivity contribution in [1.82, 2.24) is 0 Å². The first-order chi connectivity index (χ1) is 6.24. The highest BCUT2D eigenvalue weighted by molar-refractivity contribution is 7.98. The van der Waals surface area contributed by atoms with Crippen molar-refractivity contribution in [3.8, 4) is 5.75 Å². The SMILES string of the molecule is CSc1cc2ccsc2c(O)c1N. The highest BCUT2D eigenvalue weighted by atomic mass is 32.2. The van der Waals surface area contributed by atoms with Crippen LogP contribution in [-0.4, -0.2) is 11.4 Å². The first-order valence-corrected chi connectivity index (χ1v) is 5.87. The van der Waals surface area contributed by atoms with Gasteiger partial charge in [-0.2, -0.15) is 0 Å². The molecule has 0 spiro atoms. The minimum absolute atomic E-state index is 0.219. The smallest absolute Gasteiger partial charge is 0.157 e. The molecule has 0 saturated carbocycles. The van der Waals surface area contributed by atoms with E-state index in [4.69, 9.17) is 5.73 Å². The largest absolute Gasteiger partial charge is 0.504 e. The molecule has 0 bridgehead atoms. The molecule has 0 aliphatic heterocycles. The van der Waals surface area contributed by atoms with Crippen molar-refractivity contribution in [2.45, 2.75) is 4.90 Å². The molecule has 3 N–H and O–H groups in total. The molecule has 0 atom stereocenters. The molecule has 68 valence electrons. The van der Waals surface area contributed by atoms with E-state index < -0.39 is 0 Å². The van der Waals surface area contributed by atoms with Crippen molar-refractivity contribution in [2.24, 2.45) is 0 Å². The van der Waals surface area contributed by atoms with Crippen molar-refractivity contribution in [1.29, 1.82) is 0 Å². The maximum Gasteiger partial charge on any atom is 0.157 e. The number of phenols is 1. The Hall–Kier alpha value is -0.870. The van der Waals surface area contributed by atoms with Crippen molar-refractivity contribution in [3.63, 3.8) is 0 Å². The third-order valence-electron chi connectivity index (χ3n) is 1.94. The number of rotatable bonds is 1. The normalized spacial score (nSPS) is 10.8. The second-order valence-electron chi connectivity index (χ2n) is 2.68. The van der Waals surface area contributed by atoms with Crippen molar-refractivity contribution in [3.05, 3.63) is 17.5 Å². The highest BCUT2D eigenvalue weighted by Gasteiger charge is 2.09. The Labute approximate surface area is 84.4 Å². The zero-order chi connectivity index (χ0) is 9.42. The van der Waals surface area contributed by atoms with E-state index in [9.17, 15) is 5.11 Å². The van der Waals surface area contributed by atoms with Gasteiger partial charge in [0.2, 0.25) is 0 Å². The van der Waals surface area contributed by atoms with Gasteiger partial charge in [-0.05, 0) is 29.2 Å². The van der Waals surface area contributed by atoms with Gasteiger partial charge in [0.1, 0.15) is 0 Å². The van der Waals surface area contributed by atoms with Crippen molar-refractivity contribution < 1.29 is 5.11 Å². The van der Waals surface area contributed by atoms with Crippen LogP contribution in [-0.2, 0) is 0 Å². The molecule has 13 heavy (non-hydrogen) atoms. The number of nitrogens with two attached hydrogens (primary N) is 1. The van der Waals surface area contributed by atoms with Crippen LogP contribution >= 0.6 is 23.1 Å². The highest BCUT2D eigenvalue weighted by Crippen LogP contribution is 2.40. The quantitative estimate of drug-likeness (QED) is 0.433. The maximum atomic E-state index is 9.73. The van der Waals surface area contributed by atoms with Crippen LogP contribution < -0.4 is 5.73 Å². The second-order valence-corrected chi connectivity index (χ2v) is 4.44. The monoisotopic (exact) mass is 211 g/mol. The Morgan fingerprint density at radius 3 is 3.00 bits per heavy atom. The standard InChI is InChI=1S/C9H9NOS2/c1-12-6-4-5-2-3-13-9(5)8(11)7(6)10/h2-4,11H,10H2,1H3. The lowest BCUT2D eigenvalue weighted by atomic mass is 10.2. The van der Waals surface area contributed by atoms with E-state index in [1.807, 2.05) is 23.8 Å². The van der Waals surface area contributed by atoms with E-state index in [2.05, 4.69) is 0 Å². The van der Waals surface area contributed by atoms with E-state index in [-0.39, 0.29) is 5.75 Å². The van der Waals surface area contributed by atoms with Gasteiger partial charge >= 0.3 is 0 Å². The van der Waals surface area contributed by atoms with Crippen LogP contribution in [0.3, 0.4) is 0 Å². The number of benzene rings is 1. The predicted octanol–water partition coefficient (Wildman–Crippen LogP) is 2.91. The molecule has 2 rings (SSSR count). The fourth-order valence-corrected chi connectivity index (χ4v) is 2.65. The molecule has 0 aliphatic carbocycles. The summed E-state index contributed by atoms with van der Waals surface area (Å²) in [6.45, 7) is 0. The summed E-state index contributed by atoms with van der Waals surface area (Å²) in [6, 6.07) is 3.99. The third kappa shape index (κ3) is 1.26. The molecule has 0 amide bonds. The molecule has 2 aromatic rings. The molecule has 2 nitrogen and oxygen atoms in total. The number of aromatic hydroxyl groups is 1. The van der Waals surface area contributed by atoms with Gasteiger partial charge in [0.25, 0.3) is 0 Å². The molecule has 1 aromatic heterocycles. The summed E-state index contributed by atoms with van der Waals surface area (Å²) in [4.78, 5) is 0.934. The van der Waals surface area contributed by atoms with Crippen LogP contribution in [0, 0.1) is 0 Å². The van der Waals surface area contributed by atoms with Gasteiger partial charge in [-0.1, -0.05) is 0 Å². The minimum Gasteiger partial charge on any atom is -0.504 e. The number of fused-ring (bicyclic) bond motifs is 1. The van der Waals surface area contributed by atoms with Gasteiger partial charge in [-0.25, -0.2) is 0 Å². The summed E-state index contributed by atoms with van der Waals surface area (Å²) in [5, 5.41) is 12.7. The first kappa shape index (κ1) is 8.72. The van der Waals surface area contributed by atoms with Gasteiger partial charge in [0.15, 0.2) is 5.75 Å². The molecule has 0 aliphatic rings. The van der Waals surface area contributed by atoms with Crippen molar-refractivity contribution >= 4 is 38.9 Å². The van der Waals surface area contributed by atoms with E-state index in [0.29, 0.717) is 5.69 Å². The fourth-order valence-electron chi connectivity index (χ4n) is 1.25. The topological polar surface area (TPSA) is 46.2 Å². The number of anilines is 1. The summed E-state index contributed by atoms with van der Waals surface area (Å²) >= 11 is 3.06. The van der Waals surface area contributed by atoms with E-state index in [0.717, 1.165) is 15.0 Å². The molecule has 0 saturated heterocycles. The molecule has 1 heterocycles. The predicted molar refractivity (Wildman–Crippen MR) is 59.7 cm³/mol. The Bertz CT molecular complexity index is 450. The molecule has 4 heteroatoms. The molecule has 1 aromatic carbocycles. The molecule has 0 unspecified atom stereocenters. The van der Waals surface area contributed by atoms with Crippen molar-refractivity contribution in [2.75, 3.05) is 12.0 Å². The number of hydrogen-bond donors (Lipinski definition) is 2. The Morgan fingerprint density at radius 1 is 1.54 bits per heavy atom. The van der Waals surface area contributed by atoms with Crippen LogP contribution in [0.15, 0.2) is 22.4 Å². The average Bonchev–Trinajstić information content (AvgIpc) is 2.59. The molecular formula is C9H9NOS2. The fraction of sp³-hybridized carbons (Fsp3) is 0.111. The maximum absolute atomic E-state index is 9.73. The van der Waals surface area contributed by atoms with E-state index in [1.165, 1.54) is 11.3 Å². The van der Waals surface area contributed by atoms with Crippen LogP contribution in [0.1, 0.15) is 0 Å². The van der Waals surface area contributed by atoms with E-state index >= 15 is 0 Å². The van der Waals surface area contributed by atoms with E-state index in [1.54, 1.807) is 11.8 Å². The summed E-state index contributed by atoms with van der Waals surface area (Å²) in [6.07, 6.45) is 1.95. The summed E-state index contributed by atoms with van der Waals surface area (Å²) < 4.78 is 0.871. The van der Waals surface area contributed by atoms with Gasteiger partial charge in [-0.15, -0.1) is 23.1 Å². The Kier molecular flexibility index (Phi) is 2.09. The zero-order valence-corrected chi connectivity index (χ0v) is 8.71.